The molecule has 2 rings (SSSR count). The van der Waals surface area contributed by atoms with Crippen LogP contribution in [0.3, 0.4) is 0 Å². The molecule has 1 aromatic carbocycles. The molecular weight excluding hydrogens is 433 g/mol. The second-order valence-corrected chi connectivity index (χ2v) is 7.62. The summed E-state index contributed by atoms with van der Waals surface area (Å²) in [6.45, 7) is 6.90. The molecule has 0 radical (unpaired) electrons. The van der Waals surface area contributed by atoms with E-state index in [-0.39, 0.29) is 42.9 Å². The zero-order valence-corrected chi connectivity index (χ0v) is 18.1. The highest BCUT2D eigenvalue weighted by Gasteiger charge is 2.28. The van der Waals surface area contributed by atoms with Crippen LogP contribution < -0.4 is 20.7 Å². The van der Waals surface area contributed by atoms with Crippen LogP contribution in [0.1, 0.15) is 20.3 Å². The lowest BCUT2D eigenvalue weighted by Crippen LogP contribution is -2.56. The Morgan fingerprint density at radius 3 is 2.87 bits per heavy atom. The molecule has 172 valence electrons. The lowest BCUT2D eigenvalue weighted by Gasteiger charge is -2.29. The molecule has 4 unspecified atom stereocenters. The van der Waals surface area contributed by atoms with Crippen molar-refractivity contribution in [1.29, 1.82) is 0 Å². The van der Waals surface area contributed by atoms with Crippen LogP contribution in [-0.2, 0) is 19.4 Å². The molecule has 0 aromatic heterocycles. The maximum absolute atomic E-state index is 13.4. The van der Waals surface area contributed by atoms with E-state index in [0.29, 0.717) is 5.57 Å². The van der Waals surface area contributed by atoms with E-state index in [4.69, 9.17) is 26.1 Å². The Morgan fingerprint density at radius 2 is 2.23 bits per heavy atom. The van der Waals surface area contributed by atoms with Gasteiger partial charge in [-0.1, -0.05) is 23.8 Å². The molecule has 0 aliphatic carbocycles. The molecule has 4 N–H and O–H groups in total. The van der Waals surface area contributed by atoms with Crippen molar-refractivity contribution in [2.45, 2.75) is 44.7 Å². The van der Waals surface area contributed by atoms with Crippen molar-refractivity contribution in [3.05, 3.63) is 41.2 Å². The highest BCUT2D eigenvalue weighted by atomic mass is 35.5. The van der Waals surface area contributed by atoms with Crippen LogP contribution in [0.2, 0.25) is 5.02 Å². The molecular formula is C20H27ClFN3O6. The van der Waals surface area contributed by atoms with Crippen molar-refractivity contribution in [2.75, 3.05) is 19.8 Å². The van der Waals surface area contributed by atoms with E-state index in [2.05, 4.69) is 22.5 Å². The Labute approximate surface area is 184 Å². The van der Waals surface area contributed by atoms with E-state index in [1.165, 1.54) is 12.1 Å². The fourth-order valence-electron chi connectivity index (χ4n) is 2.73. The maximum atomic E-state index is 13.4. The zero-order valence-electron chi connectivity index (χ0n) is 17.3. The van der Waals surface area contributed by atoms with Crippen molar-refractivity contribution in [3.63, 3.8) is 0 Å². The highest BCUT2D eigenvalue weighted by Crippen LogP contribution is 2.20. The van der Waals surface area contributed by atoms with Crippen molar-refractivity contribution in [2.24, 2.45) is 0 Å². The molecule has 11 heteroatoms. The summed E-state index contributed by atoms with van der Waals surface area (Å²) in [5.41, 5.74) is 0.646. The molecule has 0 saturated carbocycles. The highest BCUT2D eigenvalue weighted by molar-refractivity contribution is 6.30. The minimum atomic E-state index is -0.947. The smallest absolute Gasteiger partial charge is 0.258 e. The first-order chi connectivity index (χ1) is 14.7. The van der Waals surface area contributed by atoms with Gasteiger partial charge in [-0.25, -0.2) is 14.2 Å². The number of hydrogen-bond acceptors (Lipinski definition) is 7. The summed E-state index contributed by atoms with van der Waals surface area (Å²) in [7, 11) is 0. The number of rotatable bonds is 10. The van der Waals surface area contributed by atoms with Crippen molar-refractivity contribution in [1.82, 2.24) is 16.0 Å². The summed E-state index contributed by atoms with van der Waals surface area (Å²) in [6.07, 6.45) is -1.23. The number of aliphatic hydroxyl groups excluding tert-OH is 1. The third-order valence-corrected chi connectivity index (χ3v) is 4.72. The molecule has 1 aromatic rings. The number of nitrogens with one attached hydrogen (secondary N) is 3. The molecule has 2 amide bonds. The van der Waals surface area contributed by atoms with E-state index in [9.17, 15) is 19.1 Å². The van der Waals surface area contributed by atoms with Gasteiger partial charge in [-0.15, -0.1) is 0 Å². The molecule has 1 fully saturated rings. The van der Waals surface area contributed by atoms with Crippen molar-refractivity contribution < 1.29 is 33.6 Å². The molecule has 31 heavy (non-hydrogen) atoms. The number of benzene rings is 1. The van der Waals surface area contributed by atoms with Crippen LogP contribution in [-0.4, -0.2) is 61.1 Å². The van der Waals surface area contributed by atoms with Crippen LogP contribution in [0, 0.1) is 5.82 Å². The monoisotopic (exact) mass is 459 g/mol. The van der Waals surface area contributed by atoms with Gasteiger partial charge in [0, 0.05) is 12.6 Å². The number of carbonyl (C=O) groups excluding carboxylic acids is 2. The van der Waals surface area contributed by atoms with Crippen LogP contribution in [0.25, 0.3) is 0 Å². The van der Waals surface area contributed by atoms with Gasteiger partial charge in [-0.05, 0) is 32.4 Å². The number of ether oxygens (including phenoxy) is 1. The summed E-state index contributed by atoms with van der Waals surface area (Å²) in [4.78, 5) is 34.1. The maximum Gasteiger partial charge on any atom is 0.258 e. The van der Waals surface area contributed by atoms with Crippen LogP contribution in [0.15, 0.2) is 30.4 Å². The van der Waals surface area contributed by atoms with Crippen LogP contribution >= 0.6 is 11.6 Å². The lowest BCUT2D eigenvalue weighted by atomic mass is 10.0. The summed E-state index contributed by atoms with van der Waals surface area (Å²) in [5.74, 6) is -1.31. The third kappa shape index (κ3) is 8.42. The Bertz CT molecular complexity index is 796. The predicted octanol–water partition coefficient (Wildman–Crippen LogP) is 1.05. The average Bonchev–Trinajstić information content (AvgIpc) is 2.72. The fourth-order valence-corrected chi connectivity index (χ4v) is 2.85. The summed E-state index contributed by atoms with van der Waals surface area (Å²) >= 11 is 5.59. The van der Waals surface area contributed by atoms with Crippen molar-refractivity contribution in [3.8, 4) is 5.75 Å². The first-order valence-electron chi connectivity index (χ1n) is 9.68. The SMILES string of the molecule is C=C(C)C(CC(O)CNC(=O)COc1ccc(Cl)c(F)c1)NC(=O)C1COOC(C)N1. The van der Waals surface area contributed by atoms with E-state index in [1.54, 1.807) is 13.8 Å². The Morgan fingerprint density at radius 1 is 1.48 bits per heavy atom. The molecule has 1 saturated heterocycles. The molecule has 1 aliphatic heterocycles. The van der Waals surface area contributed by atoms with Crippen LogP contribution in [0.5, 0.6) is 5.75 Å². The standard InChI is InChI=1S/C20H27ClFN3O6/c1-11(2)17(25-20(28)18-9-30-31-12(3)24-18)6-13(26)8-23-19(27)10-29-14-4-5-15(21)16(22)7-14/h4-5,7,12-13,17-18,24,26H,1,6,8-10H2,2-3H3,(H,23,27)(H,25,28). The first-order valence-corrected chi connectivity index (χ1v) is 10.1. The van der Waals surface area contributed by atoms with E-state index in [1.807, 2.05) is 0 Å². The minimum absolute atomic E-state index is 0.0475. The van der Waals surface area contributed by atoms with Gasteiger partial charge in [0.05, 0.1) is 17.2 Å². The second-order valence-electron chi connectivity index (χ2n) is 7.21. The molecule has 0 spiro atoms. The largest absolute Gasteiger partial charge is 0.484 e. The predicted molar refractivity (Wildman–Crippen MR) is 111 cm³/mol. The quantitative estimate of drug-likeness (QED) is 0.305. The van der Waals surface area contributed by atoms with Gasteiger partial charge in [-0.2, -0.15) is 0 Å². The second kappa shape index (κ2) is 12.0. The number of amides is 2. The van der Waals surface area contributed by atoms with Gasteiger partial charge >= 0.3 is 0 Å². The summed E-state index contributed by atoms with van der Waals surface area (Å²) < 4.78 is 18.6. The molecule has 1 aliphatic rings. The van der Waals surface area contributed by atoms with Gasteiger partial charge < -0.3 is 20.5 Å². The number of hydrogen-bond donors (Lipinski definition) is 4. The normalized spacial score (nSPS) is 20.4. The lowest BCUT2D eigenvalue weighted by molar-refractivity contribution is -0.350. The fraction of sp³-hybridized carbons (Fsp3) is 0.500. The number of carbonyl (C=O) groups is 2. The Hall–Kier alpha value is -2.24. The van der Waals surface area contributed by atoms with Gasteiger partial charge in [0.25, 0.3) is 5.91 Å². The Balaban J connectivity index is 1.75. The molecule has 9 nitrogen and oxygen atoms in total. The molecule has 1 heterocycles. The number of aliphatic hydroxyl groups is 1. The first kappa shape index (κ1) is 25.0. The third-order valence-electron chi connectivity index (χ3n) is 4.41. The van der Waals surface area contributed by atoms with E-state index >= 15 is 0 Å². The zero-order chi connectivity index (χ0) is 23.0. The molecule has 0 bridgehead atoms. The van der Waals surface area contributed by atoms with Crippen molar-refractivity contribution >= 4 is 23.4 Å². The van der Waals surface area contributed by atoms with E-state index in [0.717, 1.165) is 6.07 Å². The van der Waals surface area contributed by atoms with Crippen LogP contribution in [0.4, 0.5) is 4.39 Å². The number of halogens is 2. The topological polar surface area (TPSA) is 118 Å². The summed E-state index contributed by atoms with van der Waals surface area (Å²) in [5, 5.41) is 18.5. The van der Waals surface area contributed by atoms with Gasteiger partial charge in [0.2, 0.25) is 5.91 Å². The average molecular weight is 460 g/mol. The van der Waals surface area contributed by atoms with Gasteiger partial charge in [-0.3, -0.25) is 14.9 Å². The molecule has 4 atom stereocenters. The van der Waals surface area contributed by atoms with Gasteiger partial charge in [0.15, 0.2) is 6.61 Å². The van der Waals surface area contributed by atoms with E-state index < -0.39 is 36.1 Å². The summed E-state index contributed by atoms with van der Waals surface area (Å²) in [6, 6.07) is 2.73. The van der Waals surface area contributed by atoms with Gasteiger partial charge in [0.1, 0.15) is 30.4 Å². The minimum Gasteiger partial charge on any atom is -0.484 e. The Kier molecular flexibility index (Phi) is 9.66.